The maximum Gasteiger partial charge on any atom is 0.00950 e. The molecule has 0 spiro atoms. The Labute approximate surface area is 64.2 Å². The summed E-state index contributed by atoms with van der Waals surface area (Å²) in [6.45, 7) is 6.81. The van der Waals surface area contributed by atoms with Crippen LogP contribution < -0.4 is 5.32 Å². The molecule has 0 aromatic rings. The van der Waals surface area contributed by atoms with Crippen molar-refractivity contribution in [1.82, 2.24) is 5.32 Å². The molecule has 1 fully saturated rings. The van der Waals surface area contributed by atoms with E-state index in [2.05, 4.69) is 26.1 Å². The van der Waals surface area contributed by atoms with Crippen molar-refractivity contribution < 1.29 is 0 Å². The molecule has 0 bridgehead atoms. The first-order valence-corrected chi connectivity index (χ1v) is 4.46. The van der Waals surface area contributed by atoms with Crippen LogP contribution in [0.1, 0.15) is 40.0 Å². The molecule has 0 aromatic carbocycles. The third-order valence-electron chi connectivity index (χ3n) is 2.41. The van der Waals surface area contributed by atoms with Crippen molar-refractivity contribution in [2.75, 3.05) is 0 Å². The van der Waals surface area contributed by atoms with Gasteiger partial charge in [-0.05, 0) is 18.8 Å². The molecule has 2 atom stereocenters. The fourth-order valence-electron chi connectivity index (χ4n) is 1.82. The molecule has 10 heavy (non-hydrogen) atoms. The van der Waals surface area contributed by atoms with E-state index in [1.807, 2.05) is 0 Å². The topological polar surface area (TPSA) is 12.0 Å². The number of hydrogen-bond acceptors (Lipinski definition) is 1. The van der Waals surface area contributed by atoms with E-state index in [4.69, 9.17) is 0 Å². The van der Waals surface area contributed by atoms with Gasteiger partial charge in [-0.25, -0.2) is 0 Å². The lowest BCUT2D eigenvalue weighted by Gasteiger charge is -2.19. The Hall–Kier alpha value is -0.0400. The Morgan fingerprint density at radius 3 is 2.40 bits per heavy atom. The molecule has 1 heteroatoms. The monoisotopic (exact) mass is 141 g/mol. The van der Waals surface area contributed by atoms with Crippen LogP contribution in [0.15, 0.2) is 0 Å². The van der Waals surface area contributed by atoms with Gasteiger partial charge in [0.15, 0.2) is 0 Å². The van der Waals surface area contributed by atoms with Crippen LogP contribution in [0.4, 0.5) is 0 Å². The van der Waals surface area contributed by atoms with E-state index in [1.54, 1.807) is 0 Å². The van der Waals surface area contributed by atoms with Crippen molar-refractivity contribution in [2.24, 2.45) is 5.92 Å². The first kappa shape index (κ1) is 8.06. The SMILES string of the molecule is CC(C)N[C@H]1CCC[C@@H]1C. The molecule has 0 unspecified atom stereocenters. The van der Waals surface area contributed by atoms with Crippen LogP contribution in [0.3, 0.4) is 0 Å². The fraction of sp³-hybridized carbons (Fsp3) is 1.00. The van der Waals surface area contributed by atoms with Crippen LogP contribution >= 0.6 is 0 Å². The van der Waals surface area contributed by atoms with Crippen LogP contribution in [0.25, 0.3) is 0 Å². The van der Waals surface area contributed by atoms with Crippen LogP contribution in [-0.4, -0.2) is 12.1 Å². The maximum absolute atomic E-state index is 3.59. The number of hydrogen-bond donors (Lipinski definition) is 1. The molecular weight excluding hydrogens is 122 g/mol. The van der Waals surface area contributed by atoms with Crippen LogP contribution in [-0.2, 0) is 0 Å². The molecule has 0 aliphatic heterocycles. The minimum atomic E-state index is 0.658. The Kier molecular flexibility index (Phi) is 2.72. The van der Waals surface area contributed by atoms with Gasteiger partial charge in [0, 0.05) is 12.1 Å². The normalized spacial score (nSPS) is 33.6. The van der Waals surface area contributed by atoms with Gasteiger partial charge in [-0.1, -0.05) is 27.2 Å². The summed E-state index contributed by atoms with van der Waals surface area (Å²) in [5.74, 6) is 0.905. The maximum atomic E-state index is 3.59. The summed E-state index contributed by atoms with van der Waals surface area (Å²) in [5.41, 5.74) is 0. The Morgan fingerprint density at radius 2 is 2.00 bits per heavy atom. The van der Waals surface area contributed by atoms with Gasteiger partial charge in [0.2, 0.25) is 0 Å². The van der Waals surface area contributed by atoms with Gasteiger partial charge < -0.3 is 5.32 Å². The first-order chi connectivity index (χ1) is 4.70. The highest BCUT2D eigenvalue weighted by Gasteiger charge is 2.22. The minimum Gasteiger partial charge on any atom is -0.312 e. The summed E-state index contributed by atoms with van der Waals surface area (Å²) < 4.78 is 0. The summed E-state index contributed by atoms with van der Waals surface area (Å²) in [4.78, 5) is 0. The quantitative estimate of drug-likeness (QED) is 0.621. The van der Waals surface area contributed by atoms with E-state index in [0.29, 0.717) is 6.04 Å². The van der Waals surface area contributed by atoms with E-state index in [9.17, 15) is 0 Å². The molecule has 0 amide bonds. The Balaban J connectivity index is 2.26. The van der Waals surface area contributed by atoms with Gasteiger partial charge >= 0.3 is 0 Å². The molecule has 1 aliphatic carbocycles. The number of nitrogens with one attached hydrogen (secondary N) is 1. The van der Waals surface area contributed by atoms with Crippen LogP contribution in [0.2, 0.25) is 0 Å². The van der Waals surface area contributed by atoms with E-state index in [0.717, 1.165) is 12.0 Å². The van der Waals surface area contributed by atoms with Crippen LogP contribution in [0.5, 0.6) is 0 Å². The van der Waals surface area contributed by atoms with Gasteiger partial charge in [0.1, 0.15) is 0 Å². The molecule has 1 saturated carbocycles. The largest absolute Gasteiger partial charge is 0.312 e. The zero-order valence-electron chi connectivity index (χ0n) is 7.35. The molecule has 0 saturated heterocycles. The van der Waals surface area contributed by atoms with Crippen LogP contribution in [0, 0.1) is 5.92 Å². The van der Waals surface area contributed by atoms with E-state index < -0.39 is 0 Å². The highest BCUT2D eigenvalue weighted by molar-refractivity contribution is 4.80. The molecule has 1 nitrogen and oxygen atoms in total. The lowest BCUT2D eigenvalue weighted by atomic mass is 10.1. The average Bonchev–Trinajstić information content (AvgIpc) is 2.15. The van der Waals surface area contributed by atoms with Crippen molar-refractivity contribution in [3.8, 4) is 0 Å². The third-order valence-corrected chi connectivity index (χ3v) is 2.41. The second-order valence-corrected chi connectivity index (χ2v) is 3.84. The summed E-state index contributed by atoms with van der Waals surface area (Å²) in [6.07, 6.45) is 4.23. The predicted octanol–water partition coefficient (Wildman–Crippen LogP) is 2.17. The fourth-order valence-corrected chi connectivity index (χ4v) is 1.82. The lowest BCUT2D eigenvalue weighted by molar-refractivity contribution is 0.395. The van der Waals surface area contributed by atoms with Gasteiger partial charge in [-0.15, -0.1) is 0 Å². The summed E-state index contributed by atoms with van der Waals surface area (Å²) in [6, 6.07) is 1.46. The van der Waals surface area contributed by atoms with Gasteiger partial charge in [0.05, 0.1) is 0 Å². The average molecular weight is 141 g/mol. The van der Waals surface area contributed by atoms with Crippen molar-refractivity contribution in [3.05, 3.63) is 0 Å². The molecule has 1 rings (SSSR count). The molecule has 0 heterocycles. The zero-order valence-corrected chi connectivity index (χ0v) is 7.35. The molecule has 60 valence electrons. The molecule has 1 N–H and O–H groups in total. The van der Waals surface area contributed by atoms with Gasteiger partial charge in [-0.3, -0.25) is 0 Å². The van der Waals surface area contributed by atoms with E-state index in [1.165, 1.54) is 19.3 Å². The van der Waals surface area contributed by atoms with Crippen molar-refractivity contribution in [1.29, 1.82) is 0 Å². The smallest absolute Gasteiger partial charge is 0.00950 e. The zero-order chi connectivity index (χ0) is 7.56. The summed E-state index contributed by atoms with van der Waals surface area (Å²) >= 11 is 0. The molecule has 0 radical (unpaired) electrons. The minimum absolute atomic E-state index is 0.658. The second kappa shape index (κ2) is 3.38. The van der Waals surface area contributed by atoms with Crippen molar-refractivity contribution in [3.63, 3.8) is 0 Å². The summed E-state index contributed by atoms with van der Waals surface area (Å²) in [5, 5.41) is 3.59. The predicted molar refractivity (Wildman–Crippen MR) is 45.1 cm³/mol. The first-order valence-electron chi connectivity index (χ1n) is 4.46. The highest BCUT2D eigenvalue weighted by atomic mass is 14.9. The molecule has 1 aliphatic rings. The van der Waals surface area contributed by atoms with Gasteiger partial charge in [-0.2, -0.15) is 0 Å². The standard InChI is InChI=1S/C9H19N/c1-7(2)10-9-6-4-5-8(9)3/h7-10H,4-6H2,1-3H3/t8-,9-/m0/s1. The van der Waals surface area contributed by atoms with E-state index >= 15 is 0 Å². The molecular formula is C9H19N. The van der Waals surface area contributed by atoms with Crippen molar-refractivity contribution in [2.45, 2.75) is 52.1 Å². The third kappa shape index (κ3) is 1.98. The van der Waals surface area contributed by atoms with Crippen molar-refractivity contribution >= 4 is 0 Å². The second-order valence-electron chi connectivity index (χ2n) is 3.84. The highest BCUT2D eigenvalue weighted by Crippen LogP contribution is 2.24. The van der Waals surface area contributed by atoms with E-state index in [-0.39, 0.29) is 0 Å². The number of rotatable bonds is 2. The lowest BCUT2D eigenvalue weighted by Crippen LogP contribution is -2.36. The summed E-state index contributed by atoms with van der Waals surface area (Å²) in [7, 11) is 0. The van der Waals surface area contributed by atoms with Gasteiger partial charge in [0.25, 0.3) is 0 Å². The Morgan fingerprint density at radius 1 is 1.30 bits per heavy atom. The Bertz CT molecular complexity index is 98.9. The molecule has 0 aromatic heterocycles.